The number of methoxy groups -OCH3 is 2. The minimum absolute atomic E-state index is 0.0532. The molecule has 1 aliphatic heterocycles. The van der Waals surface area contributed by atoms with Gasteiger partial charge in [-0.3, -0.25) is 9.69 Å². The van der Waals surface area contributed by atoms with E-state index in [4.69, 9.17) is 21.1 Å². The Balaban J connectivity index is 1.58. The monoisotopic (exact) mass is 430 g/mol. The quantitative estimate of drug-likeness (QED) is 0.630. The third-order valence-corrected chi connectivity index (χ3v) is 5.98. The van der Waals surface area contributed by atoms with Crippen LogP contribution >= 0.6 is 11.6 Å². The molecule has 2 aromatic rings. The van der Waals surface area contributed by atoms with E-state index >= 15 is 0 Å². The maximum atomic E-state index is 12.5. The van der Waals surface area contributed by atoms with Gasteiger partial charge in [0, 0.05) is 13.0 Å². The third-order valence-electron chi connectivity index (χ3n) is 5.68. The zero-order chi connectivity index (χ0) is 21.3. The van der Waals surface area contributed by atoms with Crippen LogP contribution in [0.5, 0.6) is 11.5 Å². The van der Waals surface area contributed by atoms with E-state index in [2.05, 4.69) is 22.3 Å². The van der Waals surface area contributed by atoms with Gasteiger partial charge >= 0.3 is 0 Å². The van der Waals surface area contributed by atoms with E-state index in [1.54, 1.807) is 14.2 Å². The van der Waals surface area contributed by atoms with E-state index in [0.29, 0.717) is 30.2 Å². The van der Waals surface area contributed by atoms with E-state index in [0.717, 1.165) is 24.4 Å². The molecule has 0 saturated carbocycles. The summed E-state index contributed by atoms with van der Waals surface area (Å²) in [6.07, 6.45) is 4.77. The van der Waals surface area contributed by atoms with Gasteiger partial charge in [-0.05, 0) is 67.7 Å². The first-order valence-electron chi connectivity index (χ1n) is 10.6. The molecule has 30 heavy (non-hydrogen) atoms. The molecular formula is C24H31ClN2O3. The van der Waals surface area contributed by atoms with Crippen LogP contribution in [0.1, 0.15) is 42.9 Å². The number of likely N-dealkylation sites (tertiary alicyclic amines) is 1. The number of aryl methyl sites for hydroxylation is 1. The molecule has 1 heterocycles. The molecule has 0 bridgehead atoms. The normalized spacial score (nSPS) is 15.4. The Labute approximate surface area is 184 Å². The lowest BCUT2D eigenvalue weighted by Crippen LogP contribution is -2.40. The van der Waals surface area contributed by atoms with Crippen molar-refractivity contribution in [3.05, 3.63) is 58.6 Å². The van der Waals surface area contributed by atoms with Crippen molar-refractivity contribution in [1.82, 2.24) is 10.2 Å². The van der Waals surface area contributed by atoms with Crippen molar-refractivity contribution in [1.29, 1.82) is 0 Å². The first kappa shape index (κ1) is 22.4. The van der Waals surface area contributed by atoms with Gasteiger partial charge in [-0.25, -0.2) is 0 Å². The number of piperidine rings is 1. The number of hydrogen-bond acceptors (Lipinski definition) is 4. The lowest BCUT2D eigenvalue weighted by Gasteiger charge is -2.35. The van der Waals surface area contributed by atoms with Gasteiger partial charge in [0.25, 0.3) is 0 Å². The molecule has 1 unspecified atom stereocenters. The molecule has 1 N–H and O–H groups in total. The first-order chi connectivity index (χ1) is 14.6. The second-order valence-electron chi connectivity index (χ2n) is 7.66. The number of rotatable bonds is 9. The Morgan fingerprint density at radius 1 is 1.07 bits per heavy atom. The third kappa shape index (κ3) is 6.13. The number of nitrogens with one attached hydrogen (secondary N) is 1. The second kappa shape index (κ2) is 11.2. The smallest absolute Gasteiger partial charge is 0.220 e. The molecule has 162 valence electrons. The van der Waals surface area contributed by atoms with Crippen LogP contribution in [0, 0.1) is 0 Å². The Hall–Kier alpha value is -2.24. The standard InChI is InChI=1S/C24H31ClN2O3/c1-29-20-10-8-19(9-11-20)22(27-14-4-3-5-15-27)17-26-24(28)13-7-18-6-12-23(30-2)21(25)16-18/h6,8-12,16,22H,3-5,7,13-15,17H2,1-2H3,(H,26,28). The summed E-state index contributed by atoms with van der Waals surface area (Å²) < 4.78 is 10.5. The molecule has 1 fully saturated rings. The number of nitrogens with zero attached hydrogens (tertiary/aromatic N) is 1. The fourth-order valence-corrected chi connectivity index (χ4v) is 4.22. The van der Waals surface area contributed by atoms with Crippen molar-refractivity contribution in [3.8, 4) is 11.5 Å². The molecule has 1 saturated heterocycles. The Morgan fingerprint density at radius 2 is 1.80 bits per heavy atom. The molecule has 0 spiro atoms. The lowest BCUT2D eigenvalue weighted by atomic mass is 10.0. The topological polar surface area (TPSA) is 50.8 Å². The van der Waals surface area contributed by atoms with E-state index in [-0.39, 0.29) is 11.9 Å². The molecule has 1 aliphatic rings. The van der Waals surface area contributed by atoms with Gasteiger partial charge in [-0.1, -0.05) is 36.2 Å². The fourth-order valence-electron chi connectivity index (χ4n) is 3.94. The van der Waals surface area contributed by atoms with Crippen molar-refractivity contribution >= 4 is 17.5 Å². The lowest BCUT2D eigenvalue weighted by molar-refractivity contribution is -0.121. The highest BCUT2D eigenvalue weighted by Gasteiger charge is 2.23. The number of halogens is 1. The van der Waals surface area contributed by atoms with Crippen molar-refractivity contribution in [2.45, 2.75) is 38.1 Å². The fraction of sp³-hybridized carbons (Fsp3) is 0.458. The predicted molar refractivity (Wildman–Crippen MR) is 120 cm³/mol. The number of hydrogen-bond donors (Lipinski definition) is 1. The summed E-state index contributed by atoms with van der Waals surface area (Å²) >= 11 is 6.18. The van der Waals surface area contributed by atoms with Gasteiger partial charge in [0.15, 0.2) is 0 Å². The Kier molecular flexibility index (Phi) is 8.40. The maximum Gasteiger partial charge on any atom is 0.220 e. The number of amides is 1. The summed E-state index contributed by atoms with van der Waals surface area (Å²) in [7, 11) is 3.27. The highest BCUT2D eigenvalue weighted by molar-refractivity contribution is 6.32. The Bertz CT molecular complexity index is 820. The van der Waals surface area contributed by atoms with E-state index in [1.165, 1.54) is 24.8 Å². The van der Waals surface area contributed by atoms with Gasteiger partial charge in [0.2, 0.25) is 5.91 Å². The molecule has 0 radical (unpaired) electrons. The van der Waals surface area contributed by atoms with Gasteiger partial charge in [-0.2, -0.15) is 0 Å². The van der Waals surface area contributed by atoms with Gasteiger partial charge < -0.3 is 14.8 Å². The molecule has 1 atom stereocenters. The first-order valence-corrected chi connectivity index (χ1v) is 11.0. The Morgan fingerprint density at radius 3 is 2.43 bits per heavy atom. The molecule has 0 aliphatic carbocycles. The maximum absolute atomic E-state index is 12.5. The van der Waals surface area contributed by atoms with Crippen molar-refractivity contribution in [2.24, 2.45) is 0 Å². The summed E-state index contributed by atoms with van der Waals surface area (Å²) in [6.45, 7) is 2.74. The average molecular weight is 431 g/mol. The van der Waals surface area contributed by atoms with Crippen LogP contribution in [-0.2, 0) is 11.2 Å². The van der Waals surface area contributed by atoms with Gasteiger partial charge in [-0.15, -0.1) is 0 Å². The van der Waals surface area contributed by atoms with E-state index < -0.39 is 0 Å². The van der Waals surface area contributed by atoms with Crippen LogP contribution in [0.3, 0.4) is 0 Å². The highest BCUT2D eigenvalue weighted by atomic mass is 35.5. The molecule has 5 nitrogen and oxygen atoms in total. The summed E-state index contributed by atoms with van der Waals surface area (Å²) in [4.78, 5) is 15.0. The van der Waals surface area contributed by atoms with Crippen LogP contribution in [0.4, 0.5) is 0 Å². The SMILES string of the molecule is COc1ccc(C(CNC(=O)CCc2ccc(OC)c(Cl)c2)N2CCCCC2)cc1. The van der Waals surface area contributed by atoms with Crippen molar-refractivity contribution in [2.75, 3.05) is 33.9 Å². The average Bonchev–Trinajstić information content (AvgIpc) is 2.79. The van der Waals surface area contributed by atoms with E-state index in [9.17, 15) is 4.79 Å². The number of benzene rings is 2. The zero-order valence-electron chi connectivity index (χ0n) is 17.8. The van der Waals surface area contributed by atoms with Crippen molar-refractivity contribution < 1.29 is 14.3 Å². The molecule has 3 rings (SSSR count). The van der Waals surface area contributed by atoms with Gasteiger partial charge in [0.1, 0.15) is 11.5 Å². The number of carbonyl (C=O) groups excluding carboxylic acids is 1. The molecule has 0 aromatic heterocycles. The van der Waals surface area contributed by atoms with E-state index in [1.807, 2.05) is 30.3 Å². The molecular weight excluding hydrogens is 400 g/mol. The van der Waals surface area contributed by atoms with Crippen LogP contribution in [0.25, 0.3) is 0 Å². The van der Waals surface area contributed by atoms with Crippen LogP contribution in [-0.4, -0.2) is 44.7 Å². The minimum atomic E-state index is 0.0532. The summed E-state index contributed by atoms with van der Waals surface area (Å²) in [5.41, 5.74) is 2.23. The molecule has 1 amide bonds. The minimum Gasteiger partial charge on any atom is -0.497 e. The number of carbonyl (C=O) groups is 1. The molecule has 2 aromatic carbocycles. The predicted octanol–water partition coefficient (Wildman–Crippen LogP) is 4.63. The molecule has 6 heteroatoms. The van der Waals surface area contributed by atoms with Gasteiger partial charge in [0.05, 0.1) is 25.3 Å². The largest absolute Gasteiger partial charge is 0.497 e. The number of ether oxygens (including phenoxy) is 2. The zero-order valence-corrected chi connectivity index (χ0v) is 18.6. The second-order valence-corrected chi connectivity index (χ2v) is 8.07. The summed E-state index contributed by atoms with van der Waals surface area (Å²) in [5.74, 6) is 1.55. The highest BCUT2D eigenvalue weighted by Crippen LogP contribution is 2.27. The summed E-state index contributed by atoms with van der Waals surface area (Å²) in [6, 6.07) is 14.0. The van der Waals surface area contributed by atoms with Crippen LogP contribution in [0.2, 0.25) is 5.02 Å². The van der Waals surface area contributed by atoms with Crippen LogP contribution < -0.4 is 14.8 Å². The summed E-state index contributed by atoms with van der Waals surface area (Å²) in [5, 5.41) is 3.71. The van der Waals surface area contributed by atoms with Crippen LogP contribution in [0.15, 0.2) is 42.5 Å². The van der Waals surface area contributed by atoms with Crippen molar-refractivity contribution in [3.63, 3.8) is 0 Å².